The summed E-state index contributed by atoms with van der Waals surface area (Å²) in [5.74, 6) is 1.92. The molecule has 0 aliphatic heterocycles. The Morgan fingerprint density at radius 2 is 2.15 bits per heavy atom. The third kappa shape index (κ3) is 2.66. The molecule has 0 aromatic heterocycles. The molecule has 0 aliphatic rings. The smallest absolute Gasteiger partial charge is 0.122 e. The Kier molecular flexibility index (Phi) is 4.16. The Labute approximate surface area is 85.5 Å². The van der Waals surface area contributed by atoms with Gasteiger partial charge in [-0.05, 0) is 42.7 Å². The first-order valence-corrected chi connectivity index (χ1v) is 5.16. The number of aryl methyl sites for hydroxylation is 1. The van der Waals surface area contributed by atoms with E-state index in [4.69, 9.17) is 4.74 Å². The number of thiol groups is 1. The van der Waals surface area contributed by atoms with E-state index in [2.05, 4.69) is 25.6 Å². The average molecular weight is 196 g/mol. The van der Waals surface area contributed by atoms with Crippen LogP contribution in [0.1, 0.15) is 17.5 Å². The van der Waals surface area contributed by atoms with Gasteiger partial charge in [-0.2, -0.15) is 12.6 Å². The average Bonchev–Trinajstić information content (AvgIpc) is 2.16. The van der Waals surface area contributed by atoms with Crippen LogP contribution in [0.5, 0.6) is 5.75 Å². The van der Waals surface area contributed by atoms with Crippen LogP contribution >= 0.6 is 12.6 Å². The van der Waals surface area contributed by atoms with Crippen molar-refractivity contribution in [1.82, 2.24) is 0 Å². The van der Waals surface area contributed by atoms with E-state index in [9.17, 15) is 0 Å². The van der Waals surface area contributed by atoms with E-state index in [1.165, 1.54) is 11.1 Å². The van der Waals surface area contributed by atoms with Crippen molar-refractivity contribution in [3.8, 4) is 5.75 Å². The number of methoxy groups -OCH3 is 1. The largest absolute Gasteiger partial charge is 0.496 e. The highest BCUT2D eigenvalue weighted by Gasteiger charge is 2.02. The highest BCUT2D eigenvalue weighted by atomic mass is 32.1. The van der Waals surface area contributed by atoms with Crippen LogP contribution in [0.2, 0.25) is 0 Å². The predicted octanol–water partition coefficient (Wildman–Crippen LogP) is 2.87. The van der Waals surface area contributed by atoms with Crippen molar-refractivity contribution in [3.63, 3.8) is 0 Å². The van der Waals surface area contributed by atoms with Crippen LogP contribution in [0.4, 0.5) is 0 Å². The highest BCUT2D eigenvalue weighted by molar-refractivity contribution is 7.80. The molecular weight excluding hydrogens is 180 g/mol. The molecule has 1 aromatic rings. The summed E-state index contributed by atoms with van der Waals surface area (Å²) < 4.78 is 5.25. The molecule has 72 valence electrons. The van der Waals surface area contributed by atoms with Crippen molar-refractivity contribution in [2.24, 2.45) is 0 Å². The third-order valence-corrected chi connectivity index (χ3v) is 2.54. The molecule has 13 heavy (non-hydrogen) atoms. The molecule has 0 spiro atoms. The molecule has 2 heteroatoms. The van der Waals surface area contributed by atoms with Crippen molar-refractivity contribution < 1.29 is 4.74 Å². The second-order valence-corrected chi connectivity index (χ2v) is 3.52. The van der Waals surface area contributed by atoms with E-state index in [-0.39, 0.29) is 0 Å². The molecule has 0 fully saturated rings. The summed E-state index contributed by atoms with van der Waals surface area (Å²) in [4.78, 5) is 0. The molecule has 0 saturated carbocycles. The van der Waals surface area contributed by atoms with Gasteiger partial charge in [-0.25, -0.2) is 0 Å². The maximum absolute atomic E-state index is 5.25. The number of rotatable bonds is 4. The minimum absolute atomic E-state index is 0.941. The minimum atomic E-state index is 0.941. The lowest BCUT2D eigenvalue weighted by Crippen LogP contribution is -1.94. The van der Waals surface area contributed by atoms with Gasteiger partial charge < -0.3 is 4.74 Å². The summed E-state index contributed by atoms with van der Waals surface area (Å²) in [6, 6.07) is 6.19. The van der Waals surface area contributed by atoms with E-state index < -0.39 is 0 Å². The standard InChI is InChI=1S/C11H16OS/c1-9-10(6-4-8-13)5-3-7-11(9)12-2/h3,5,7,13H,4,6,8H2,1-2H3. The van der Waals surface area contributed by atoms with Gasteiger partial charge in [-0.3, -0.25) is 0 Å². The lowest BCUT2D eigenvalue weighted by Gasteiger charge is -2.09. The Morgan fingerprint density at radius 1 is 1.38 bits per heavy atom. The van der Waals surface area contributed by atoms with Gasteiger partial charge in [0, 0.05) is 0 Å². The summed E-state index contributed by atoms with van der Waals surface area (Å²) >= 11 is 4.20. The fourth-order valence-corrected chi connectivity index (χ4v) is 1.58. The Morgan fingerprint density at radius 3 is 2.77 bits per heavy atom. The monoisotopic (exact) mass is 196 g/mol. The molecule has 0 saturated heterocycles. The Bertz CT molecular complexity index is 271. The van der Waals surface area contributed by atoms with E-state index in [0.29, 0.717) is 0 Å². The summed E-state index contributed by atoms with van der Waals surface area (Å²) in [5.41, 5.74) is 2.63. The molecule has 1 aromatic carbocycles. The van der Waals surface area contributed by atoms with Crippen LogP contribution in [0, 0.1) is 6.92 Å². The van der Waals surface area contributed by atoms with Crippen LogP contribution < -0.4 is 4.74 Å². The fourth-order valence-electron chi connectivity index (χ4n) is 1.42. The van der Waals surface area contributed by atoms with Gasteiger partial charge in [0.2, 0.25) is 0 Å². The van der Waals surface area contributed by atoms with Crippen LogP contribution in [0.25, 0.3) is 0 Å². The Hall–Kier alpha value is -0.630. The van der Waals surface area contributed by atoms with E-state index in [0.717, 1.165) is 24.3 Å². The Balaban J connectivity index is 2.81. The number of benzene rings is 1. The first kappa shape index (κ1) is 10.5. The normalized spacial score (nSPS) is 10.1. The quantitative estimate of drug-likeness (QED) is 0.729. The molecule has 0 heterocycles. The van der Waals surface area contributed by atoms with Gasteiger partial charge in [0.15, 0.2) is 0 Å². The molecule has 0 aliphatic carbocycles. The van der Waals surface area contributed by atoms with Crippen LogP contribution in [0.15, 0.2) is 18.2 Å². The van der Waals surface area contributed by atoms with Gasteiger partial charge in [-0.15, -0.1) is 0 Å². The molecule has 0 atom stereocenters. The molecular formula is C11H16OS. The third-order valence-electron chi connectivity index (χ3n) is 2.22. The lowest BCUT2D eigenvalue weighted by molar-refractivity contribution is 0.411. The van der Waals surface area contributed by atoms with Crippen molar-refractivity contribution in [3.05, 3.63) is 29.3 Å². The summed E-state index contributed by atoms with van der Waals surface area (Å²) in [6.07, 6.45) is 2.21. The predicted molar refractivity (Wildman–Crippen MR) is 59.9 cm³/mol. The number of hydrogen-bond acceptors (Lipinski definition) is 2. The number of ether oxygens (including phenoxy) is 1. The summed E-state index contributed by atoms with van der Waals surface area (Å²) in [7, 11) is 1.71. The first-order chi connectivity index (χ1) is 6.29. The second kappa shape index (κ2) is 5.18. The fraction of sp³-hybridized carbons (Fsp3) is 0.455. The number of hydrogen-bond donors (Lipinski definition) is 1. The van der Waals surface area contributed by atoms with E-state index >= 15 is 0 Å². The second-order valence-electron chi connectivity index (χ2n) is 3.07. The van der Waals surface area contributed by atoms with Gasteiger partial charge in [0.25, 0.3) is 0 Å². The highest BCUT2D eigenvalue weighted by Crippen LogP contribution is 2.21. The van der Waals surface area contributed by atoms with E-state index in [1.54, 1.807) is 7.11 Å². The molecule has 0 bridgehead atoms. The molecule has 0 amide bonds. The van der Waals surface area contributed by atoms with Crippen LogP contribution in [-0.2, 0) is 6.42 Å². The molecule has 1 nitrogen and oxygen atoms in total. The molecule has 0 unspecified atom stereocenters. The summed E-state index contributed by atoms with van der Waals surface area (Å²) in [6.45, 7) is 2.10. The molecule has 0 radical (unpaired) electrons. The van der Waals surface area contributed by atoms with Gasteiger partial charge >= 0.3 is 0 Å². The van der Waals surface area contributed by atoms with E-state index in [1.807, 2.05) is 12.1 Å². The zero-order chi connectivity index (χ0) is 9.68. The molecule has 1 rings (SSSR count). The zero-order valence-corrected chi connectivity index (χ0v) is 9.10. The maximum atomic E-state index is 5.25. The van der Waals surface area contributed by atoms with Gasteiger partial charge in [0.1, 0.15) is 5.75 Å². The first-order valence-electron chi connectivity index (χ1n) is 4.53. The van der Waals surface area contributed by atoms with Gasteiger partial charge in [-0.1, -0.05) is 12.1 Å². The molecule has 0 N–H and O–H groups in total. The topological polar surface area (TPSA) is 9.23 Å². The van der Waals surface area contributed by atoms with Crippen LogP contribution in [-0.4, -0.2) is 12.9 Å². The minimum Gasteiger partial charge on any atom is -0.496 e. The van der Waals surface area contributed by atoms with Crippen molar-refractivity contribution in [2.45, 2.75) is 19.8 Å². The van der Waals surface area contributed by atoms with Crippen molar-refractivity contribution in [1.29, 1.82) is 0 Å². The SMILES string of the molecule is COc1cccc(CCCS)c1C. The lowest BCUT2D eigenvalue weighted by atomic mass is 10.0. The summed E-state index contributed by atoms with van der Waals surface area (Å²) in [5, 5.41) is 0. The van der Waals surface area contributed by atoms with Crippen molar-refractivity contribution >= 4 is 12.6 Å². The van der Waals surface area contributed by atoms with Gasteiger partial charge in [0.05, 0.1) is 7.11 Å². The van der Waals surface area contributed by atoms with Crippen LogP contribution in [0.3, 0.4) is 0 Å². The van der Waals surface area contributed by atoms with Crippen molar-refractivity contribution in [2.75, 3.05) is 12.9 Å². The maximum Gasteiger partial charge on any atom is 0.122 e. The zero-order valence-electron chi connectivity index (χ0n) is 8.21.